The molecule has 3 aliphatic heterocycles. The maximum atomic E-state index is 12.1. The predicted molar refractivity (Wildman–Crippen MR) is 176 cm³/mol. The highest BCUT2D eigenvalue weighted by atomic mass is 16.6. The third-order valence-electron chi connectivity index (χ3n) is 10.7. The van der Waals surface area contributed by atoms with Gasteiger partial charge in [0.25, 0.3) is 0 Å². The normalized spacial score (nSPS) is 21.4. The lowest BCUT2D eigenvalue weighted by atomic mass is 9.61. The van der Waals surface area contributed by atoms with E-state index in [9.17, 15) is 9.90 Å². The number of hydrogen-bond donors (Lipinski definition) is 3. The van der Waals surface area contributed by atoms with Gasteiger partial charge in [0.05, 0.1) is 24.9 Å². The van der Waals surface area contributed by atoms with Gasteiger partial charge in [-0.1, -0.05) is 12.1 Å². The molecule has 3 N–H and O–H groups in total. The summed E-state index contributed by atoms with van der Waals surface area (Å²) in [7, 11) is 0. The zero-order valence-electron chi connectivity index (χ0n) is 26.8. The van der Waals surface area contributed by atoms with Crippen LogP contribution >= 0.6 is 0 Å². The predicted octanol–water partition coefficient (Wildman–Crippen LogP) is 3.74. The van der Waals surface area contributed by atoms with Crippen molar-refractivity contribution in [3.8, 4) is 17.0 Å². The Morgan fingerprint density at radius 1 is 1.09 bits per heavy atom. The van der Waals surface area contributed by atoms with Crippen molar-refractivity contribution in [2.24, 2.45) is 5.41 Å². The number of likely N-dealkylation sites (tertiary alicyclic amines) is 1. The topological polar surface area (TPSA) is 142 Å². The Kier molecular flexibility index (Phi) is 8.02. The van der Waals surface area contributed by atoms with Crippen molar-refractivity contribution in [3.05, 3.63) is 59.5 Å². The Balaban J connectivity index is 1.03. The Labute approximate surface area is 273 Å². The number of hydrogen-bond acceptors (Lipinski definition) is 11. The lowest BCUT2D eigenvalue weighted by molar-refractivity contribution is -0.148. The molecule has 3 aromatic heterocycles. The number of phenolic OH excluding ortho intramolecular Hbond substituents is 1. The van der Waals surface area contributed by atoms with Gasteiger partial charge in [-0.2, -0.15) is 0 Å². The maximum absolute atomic E-state index is 12.1. The standard InChI is InChI=1S/C35H42N8O4/c1-2-47-31(45)19-46-18-29-32-26-13-28(25-5-3-4-6-30(25)44)40-41-33(26)39-27(32)9-12-43(29)34-37-16-23(17-38-34)22-7-10-42(11-8-22)24-14-35(15-24)20-36-21-35/h3-6,13,16-17,22,24,29,36,44H,2,7-12,14-15,18-21H2,1H3,(H,39,41)/t29-/m1/s1. The van der Waals surface area contributed by atoms with E-state index in [1.165, 1.54) is 31.5 Å². The highest BCUT2D eigenvalue weighted by Crippen LogP contribution is 2.47. The molecule has 8 rings (SSSR count). The highest BCUT2D eigenvalue weighted by molar-refractivity contribution is 5.86. The van der Waals surface area contributed by atoms with E-state index in [1.807, 2.05) is 30.6 Å². The number of rotatable bonds is 9. The number of anilines is 1. The van der Waals surface area contributed by atoms with Crippen LogP contribution in [-0.4, -0.2) is 99.7 Å². The van der Waals surface area contributed by atoms with Gasteiger partial charge in [0.15, 0.2) is 5.65 Å². The fraction of sp³-hybridized carbons (Fsp3) is 0.514. The lowest BCUT2D eigenvalue weighted by Crippen LogP contribution is -2.65. The molecule has 1 saturated carbocycles. The van der Waals surface area contributed by atoms with Gasteiger partial charge in [-0.25, -0.2) is 14.8 Å². The molecule has 2 saturated heterocycles. The molecule has 6 heterocycles. The van der Waals surface area contributed by atoms with E-state index in [2.05, 4.69) is 30.3 Å². The zero-order chi connectivity index (χ0) is 32.0. The van der Waals surface area contributed by atoms with Crippen molar-refractivity contribution in [1.29, 1.82) is 0 Å². The molecule has 12 heteroatoms. The molecular weight excluding hydrogens is 596 g/mol. The van der Waals surface area contributed by atoms with Crippen LogP contribution in [0.5, 0.6) is 5.75 Å². The number of esters is 1. The summed E-state index contributed by atoms with van der Waals surface area (Å²) in [5.74, 6) is 0.845. The zero-order valence-corrected chi connectivity index (χ0v) is 26.8. The largest absolute Gasteiger partial charge is 0.507 e. The summed E-state index contributed by atoms with van der Waals surface area (Å²) in [6, 6.07) is 9.54. The first-order valence-electron chi connectivity index (χ1n) is 16.9. The van der Waals surface area contributed by atoms with E-state index >= 15 is 0 Å². The molecule has 1 aliphatic carbocycles. The van der Waals surface area contributed by atoms with Crippen LogP contribution in [0.2, 0.25) is 0 Å². The van der Waals surface area contributed by atoms with Crippen LogP contribution in [0.4, 0.5) is 5.95 Å². The Bertz CT molecular complexity index is 1740. The van der Waals surface area contributed by atoms with Crippen molar-refractivity contribution < 1.29 is 19.4 Å². The first kappa shape index (κ1) is 30.2. The Morgan fingerprint density at radius 3 is 2.60 bits per heavy atom. The molecule has 1 atom stereocenters. The van der Waals surface area contributed by atoms with E-state index in [0.29, 0.717) is 47.3 Å². The Hall–Kier alpha value is -4.13. The van der Waals surface area contributed by atoms with Gasteiger partial charge in [-0.15, -0.1) is 10.2 Å². The van der Waals surface area contributed by atoms with Crippen molar-refractivity contribution in [3.63, 3.8) is 0 Å². The van der Waals surface area contributed by atoms with Crippen molar-refractivity contribution in [2.75, 3.05) is 57.4 Å². The van der Waals surface area contributed by atoms with E-state index in [4.69, 9.17) is 19.4 Å². The van der Waals surface area contributed by atoms with E-state index in [1.54, 1.807) is 19.1 Å². The summed E-state index contributed by atoms with van der Waals surface area (Å²) in [4.78, 5) is 30.3. The summed E-state index contributed by atoms with van der Waals surface area (Å²) in [6.45, 7) is 7.53. The fourth-order valence-corrected chi connectivity index (χ4v) is 8.13. The molecule has 4 aromatic rings. The molecule has 1 aromatic carbocycles. The molecule has 1 spiro atoms. The summed E-state index contributed by atoms with van der Waals surface area (Å²) in [5.41, 5.74) is 5.70. The van der Waals surface area contributed by atoms with Crippen LogP contribution in [-0.2, 0) is 20.7 Å². The molecule has 0 amide bonds. The first-order valence-corrected chi connectivity index (χ1v) is 16.9. The summed E-state index contributed by atoms with van der Waals surface area (Å²) >= 11 is 0. The van der Waals surface area contributed by atoms with Crippen LogP contribution in [0, 0.1) is 5.41 Å². The number of aromatic amines is 1. The van der Waals surface area contributed by atoms with E-state index in [-0.39, 0.29) is 25.0 Å². The Morgan fingerprint density at radius 2 is 1.87 bits per heavy atom. The third-order valence-corrected chi connectivity index (χ3v) is 10.7. The molecule has 246 valence electrons. The minimum absolute atomic E-state index is 0.142. The average Bonchev–Trinajstić information content (AvgIpc) is 3.43. The number of nitrogens with zero attached hydrogens (tertiary/aromatic N) is 6. The second kappa shape index (κ2) is 12.5. The van der Waals surface area contributed by atoms with Gasteiger partial charge in [0, 0.05) is 66.7 Å². The monoisotopic (exact) mass is 638 g/mol. The number of carbonyl (C=O) groups excluding carboxylic acids is 1. The number of carbonyl (C=O) groups is 1. The molecule has 0 radical (unpaired) electrons. The number of phenols is 1. The second-order valence-electron chi connectivity index (χ2n) is 13.6. The summed E-state index contributed by atoms with van der Waals surface area (Å²) in [5, 5.41) is 23.7. The quantitative estimate of drug-likeness (QED) is 0.231. The number of aromatic nitrogens is 5. The lowest BCUT2D eigenvalue weighted by Gasteiger charge is -2.58. The highest BCUT2D eigenvalue weighted by Gasteiger charge is 2.50. The number of fused-ring (bicyclic) bond motifs is 3. The van der Waals surface area contributed by atoms with Crippen LogP contribution in [0.25, 0.3) is 22.3 Å². The maximum Gasteiger partial charge on any atom is 0.332 e. The molecule has 0 unspecified atom stereocenters. The number of H-pyrrole nitrogens is 1. The summed E-state index contributed by atoms with van der Waals surface area (Å²) in [6.07, 6.45) is 9.71. The van der Waals surface area contributed by atoms with Crippen molar-refractivity contribution >= 4 is 23.0 Å². The number of ether oxygens (including phenoxy) is 2. The second-order valence-corrected chi connectivity index (χ2v) is 13.6. The number of nitrogens with one attached hydrogen (secondary N) is 2. The molecule has 0 bridgehead atoms. The van der Waals surface area contributed by atoms with Gasteiger partial charge in [-0.3, -0.25) is 0 Å². The van der Waals surface area contributed by atoms with Crippen LogP contribution in [0.3, 0.4) is 0 Å². The van der Waals surface area contributed by atoms with E-state index in [0.717, 1.165) is 55.0 Å². The first-order chi connectivity index (χ1) is 23.0. The van der Waals surface area contributed by atoms with Gasteiger partial charge in [-0.05, 0) is 80.8 Å². The summed E-state index contributed by atoms with van der Waals surface area (Å²) < 4.78 is 11.1. The van der Waals surface area contributed by atoms with Crippen molar-refractivity contribution in [2.45, 2.75) is 57.0 Å². The molecule has 4 aliphatic rings. The third kappa shape index (κ3) is 5.72. The van der Waals surface area contributed by atoms with Crippen LogP contribution in [0.15, 0.2) is 42.7 Å². The minimum atomic E-state index is -0.398. The average molecular weight is 639 g/mol. The number of para-hydroxylation sites is 1. The number of aromatic hydroxyl groups is 1. The van der Waals surface area contributed by atoms with E-state index < -0.39 is 5.97 Å². The van der Waals surface area contributed by atoms with Crippen LogP contribution < -0.4 is 10.2 Å². The molecule has 47 heavy (non-hydrogen) atoms. The molecular formula is C35H42N8O4. The van der Waals surface area contributed by atoms with Gasteiger partial charge in [0.1, 0.15) is 12.4 Å². The number of piperidine rings is 1. The van der Waals surface area contributed by atoms with Crippen molar-refractivity contribution in [1.82, 2.24) is 35.4 Å². The molecule has 3 fully saturated rings. The number of benzene rings is 1. The van der Waals surface area contributed by atoms with Gasteiger partial charge in [0.2, 0.25) is 5.95 Å². The SMILES string of the molecule is CCOC(=O)COC[C@@H]1c2c([nH]c3nnc(-c4ccccc4O)cc23)CCN1c1ncc(C2CCN(C3CC4(CNC4)C3)CC2)cn1. The van der Waals surface area contributed by atoms with Crippen LogP contribution in [0.1, 0.15) is 61.4 Å². The van der Waals surface area contributed by atoms with Gasteiger partial charge < -0.3 is 34.7 Å². The minimum Gasteiger partial charge on any atom is -0.507 e. The van der Waals surface area contributed by atoms with Gasteiger partial charge >= 0.3 is 5.97 Å². The smallest absolute Gasteiger partial charge is 0.332 e. The molecule has 12 nitrogen and oxygen atoms in total. The fourth-order valence-electron chi connectivity index (χ4n) is 8.13.